The second-order valence-electron chi connectivity index (χ2n) is 16.5. The number of aryl methyl sites for hydroxylation is 2. The second kappa shape index (κ2) is 27.0. The van der Waals surface area contributed by atoms with E-state index in [9.17, 15) is 13.7 Å². The van der Waals surface area contributed by atoms with Crippen molar-refractivity contribution >= 4 is 109 Å². The average Bonchev–Trinajstić information content (AvgIpc) is 3.36. The standard InChI is InChI=1S/C12H11O2P.2C11H16N.C7H9O2P.2C6H5O2P.2Bi/c13-15(14,11-7-3-1-4-8-11)12-9-5-2-6-10-12;2*1-4-10-6-5-7-11(8-10)9-12(2)3;1-10(8,9)7-5-3-2-4-6-7;2*7-9(8)6-4-2-1-3-5-6;;/h1-10H,(H,13,14);2*5-7H,4,9H2,1-3H3;2-6H,1H3,(H,8,9);2*1-5H;;/q;;;;;;2*+2/p-2. The third kappa shape index (κ3) is 15.4. The summed E-state index contributed by atoms with van der Waals surface area (Å²) in [6.07, 6.45) is 1.55. The molecule has 0 saturated heterocycles. The van der Waals surface area contributed by atoms with Gasteiger partial charge in [-0.3, -0.25) is 0 Å². The van der Waals surface area contributed by atoms with Crippen molar-refractivity contribution in [3.63, 3.8) is 0 Å². The van der Waals surface area contributed by atoms with Gasteiger partial charge in [0.2, 0.25) is 0 Å². The van der Waals surface area contributed by atoms with Crippen LogP contribution in [-0.4, -0.2) is 89.9 Å². The monoisotopic (exact) mass is 1390 g/mol. The van der Waals surface area contributed by atoms with Crippen LogP contribution in [0.15, 0.2) is 188 Å². The fraction of sp³-hybridized carbons (Fsp3) is 0.208. The first-order chi connectivity index (χ1) is 33.2. The van der Waals surface area contributed by atoms with E-state index in [0.717, 1.165) is 41.6 Å². The molecule has 0 saturated carbocycles. The molecule has 0 aliphatic rings. The molecule has 7 aromatic carbocycles. The molecule has 0 heterocycles. The normalized spacial score (nSPS) is 13.0. The van der Waals surface area contributed by atoms with E-state index in [1.54, 1.807) is 30.9 Å². The Labute approximate surface area is 428 Å². The summed E-state index contributed by atoms with van der Waals surface area (Å²) in [4.78, 5) is 4.17. The van der Waals surface area contributed by atoms with E-state index in [-0.39, 0.29) is 0 Å². The molecule has 0 amide bonds. The zero-order valence-corrected chi connectivity index (χ0v) is 50.6. The van der Waals surface area contributed by atoms with Crippen LogP contribution in [0.25, 0.3) is 0 Å². The maximum absolute atomic E-state index is 15.0. The van der Waals surface area contributed by atoms with Crippen molar-refractivity contribution in [3.05, 3.63) is 210 Å². The molecule has 16 heteroatoms. The van der Waals surface area contributed by atoms with Gasteiger partial charge >= 0.3 is 433 Å². The summed E-state index contributed by atoms with van der Waals surface area (Å²) >= 11 is -7.58. The SMILES string of the molecule is CCc1cccc(CN(C)C)[c]1[Bi]([O]P(C)(=O)c1ccccc1)[O]P(=O)(c1ccccc1)c1ccccc1.CCc1cccc(CN(C)C)[c]1[Bi]([O][P+](=O)c1ccccc1)[O][P+](=O)c1ccccc1. The van der Waals surface area contributed by atoms with E-state index in [1.807, 2.05) is 168 Å². The minimum atomic E-state index is -3.96. The molecule has 3 atom stereocenters. The Kier molecular flexibility index (Phi) is 21.5. The van der Waals surface area contributed by atoms with Crippen molar-refractivity contribution < 1.29 is 28.7 Å². The molecule has 0 fully saturated rings. The number of benzene rings is 7. The van der Waals surface area contributed by atoms with Crippen molar-refractivity contribution in [2.75, 3.05) is 34.9 Å². The molecule has 0 radical (unpaired) electrons. The molecule has 0 bridgehead atoms. The third-order valence-corrected chi connectivity index (χ3v) is 40.6. The van der Waals surface area contributed by atoms with Crippen molar-refractivity contribution in [3.8, 4) is 0 Å². The van der Waals surface area contributed by atoms with Crippen LogP contribution >= 0.6 is 30.8 Å². The molecule has 7 aromatic rings. The summed E-state index contributed by atoms with van der Waals surface area (Å²) < 4.78 is 83.1. The zero-order valence-electron chi connectivity index (χ0n) is 40.1. The molecular weight excluding hydrogens is 1330 g/mol. The molecule has 0 aromatic heterocycles. The van der Waals surface area contributed by atoms with Gasteiger partial charge in [-0.25, -0.2) is 0 Å². The zero-order chi connectivity index (χ0) is 49.4. The molecule has 358 valence electrons. The molecule has 0 spiro atoms. The van der Waals surface area contributed by atoms with Crippen LogP contribution in [0.4, 0.5) is 0 Å². The van der Waals surface area contributed by atoms with Gasteiger partial charge in [0.15, 0.2) is 0 Å². The van der Waals surface area contributed by atoms with Gasteiger partial charge in [0.05, 0.1) is 0 Å². The number of hydrogen-bond donors (Lipinski definition) is 0. The Bertz CT molecular complexity index is 2750. The van der Waals surface area contributed by atoms with Crippen LogP contribution in [0.2, 0.25) is 0 Å². The van der Waals surface area contributed by atoms with Crippen molar-refractivity contribution in [1.29, 1.82) is 0 Å². The van der Waals surface area contributed by atoms with E-state index in [0.29, 0.717) is 39.6 Å². The first kappa shape index (κ1) is 55.0. The van der Waals surface area contributed by atoms with Crippen LogP contribution in [-0.2, 0) is 54.6 Å². The number of hydrogen-bond acceptors (Lipinski definition) is 10. The van der Waals surface area contributed by atoms with E-state index in [4.69, 9.17) is 10.4 Å². The summed E-state index contributed by atoms with van der Waals surface area (Å²) in [5.41, 5.74) is 4.33. The van der Waals surface area contributed by atoms with Crippen molar-refractivity contribution in [1.82, 2.24) is 9.80 Å². The van der Waals surface area contributed by atoms with E-state index >= 15 is 4.57 Å². The van der Waals surface area contributed by atoms with Gasteiger partial charge in [0.1, 0.15) is 0 Å². The van der Waals surface area contributed by atoms with Gasteiger partial charge < -0.3 is 0 Å². The van der Waals surface area contributed by atoms with Crippen LogP contribution < -0.4 is 33.1 Å². The van der Waals surface area contributed by atoms with Gasteiger partial charge in [-0.1, -0.05) is 0 Å². The predicted octanol–water partition coefficient (Wildman–Crippen LogP) is 9.38. The van der Waals surface area contributed by atoms with Gasteiger partial charge in [-0.15, -0.1) is 0 Å². The molecule has 0 N–H and O–H groups in total. The fourth-order valence-electron chi connectivity index (χ4n) is 7.27. The molecule has 69 heavy (non-hydrogen) atoms. The summed E-state index contributed by atoms with van der Waals surface area (Å²) in [6, 6.07) is 58.4. The Balaban J connectivity index is 0.000000232. The number of nitrogens with zero attached hydrogens (tertiary/aromatic N) is 2. The van der Waals surface area contributed by atoms with Crippen molar-refractivity contribution in [2.45, 2.75) is 39.8 Å². The first-order valence-corrected chi connectivity index (χ1v) is 37.7. The summed E-state index contributed by atoms with van der Waals surface area (Å²) in [6.45, 7) is 7.18. The van der Waals surface area contributed by atoms with Gasteiger partial charge in [0, 0.05) is 0 Å². The Hall–Kier alpha value is -3.27. The fourth-order valence-corrected chi connectivity index (χ4v) is 38.9. The average molecular weight is 1390 g/mol. The van der Waals surface area contributed by atoms with E-state index < -0.39 is 76.1 Å². The molecular formula is C53H60Bi2N2O8P4+2. The minimum absolute atomic E-state index is 0.601. The van der Waals surface area contributed by atoms with Crippen LogP contribution in [0.3, 0.4) is 0 Å². The van der Waals surface area contributed by atoms with E-state index in [1.165, 1.54) is 0 Å². The molecule has 0 aliphatic carbocycles. The Morgan fingerprint density at radius 1 is 0.435 bits per heavy atom. The quantitative estimate of drug-likeness (QED) is 0.0510. The number of rotatable bonds is 21. The predicted molar refractivity (Wildman–Crippen MR) is 288 cm³/mol. The molecule has 10 nitrogen and oxygen atoms in total. The molecule has 0 aliphatic heterocycles. The summed E-state index contributed by atoms with van der Waals surface area (Å²) in [5, 5.41) is 3.05. The van der Waals surface area contributed by atoms with Gasteiger partial charge in [-0.2, -0.15) is 0 Å². The third-order valence-electron chi connectivity index (χ3n) is 10.6. The van der Waals surface area contributed by atoms with E-state index in [2.05, 4.69) is 47.9 Å². The Morgan fingerprint density at radius 3 is 1.13 bits per heavy atom. The first-order valence-electron chi connectivity index (χ1n) is 22.5. The second-order valence-corrected chi connectivity index (χ2v) is 38.6. The molecule has 7 rings (SSSR count). The van der Waals surface area contributed by atoms with Gasteiger partial charge in [0.25, 0.3) is 0 Å². The topological polar surface area (TPSA) is 112 Å². The maximum atomic E-state index is 15.0. The molecule has 3 unspecified atom stereocenters. The van der Waals surface area contributed by atoms with Crippen LogP contribution in [0.5, 0.6) is 0 Å². The van der Waals surface area contributed by atoms with Gasteiger partial charge in [-0.05, 0) is 0 Å². The Morgan fingerprint density at radius 2 is 0.768 bits per heavy atom. The van der Waals surface area contributed by atoms with Crippen LogP contribution in [0.1, 0.15) is 36.1 Å². The van der Waals surface area contributed by atoms with Crippen LogP contribution in [0, 0.1) is 0 Å². The van der Waals surface area contributed by atoms with Crippen molar-refractivity contribution in [2.24, 2.45) is 0 Å². The summed E-state index contributed by atoms with van der Waals surface area (Å²) in [7, 11) is -3.06. The summed E-state index contributed by atoms with van der Waals surface area (Å²) in [5.74, 6) is 0.